The highest BCUT2D eigenvalue weighted by Gasteiger charge is 2.13. The Morgan fingerprint density at radius 1 is 1.21 bits per heavy atom. The van der Waals surface area contributed by atoms with Gasteiger partial charge < -0.3 is 5.73 Å². The molecule has 0 amide bonds. The number of nitrogens with zero attached hydrogens (tertiary/aromatic N) is 2. The number of hydrogen-bond donors (Lipinski definition) is 1. The fourth-order valence-electron chi connectivity index (χ4n) is 1.98. The first-order valence-electron chi connectivity index (χ1n) is 5.45. The van der Waals surface area contributed by atoms with Crippen LogP contribution in [0.5, 0.6) is 0 Å². The van der Waals surface area contributed by atoms with Crippen LogP contribution in [0.1, 0.15) is 0 Å². The average molecular weight is 341 g/mol. The van der Waals surface area contributed by atoms with Crippen LogP contribution in [0.3, 0.4) is 0 Å². The van der Waals surface area contributed by atoms with Gasteiger partial charge in [-0.25, -0.2) is 9.37 Å². The number of benzene rings is 2. The van der Waals surface area contributed by atoms with Crippen LogP contribution < -0.4 is 5.73 Å². The summed E-state index contributed by atoms with van der Waals surface area (Å²) < 4.78 is 15.9. The van der Waals surface area contributed by atoms with Gasteiger partial charge >= 0.3 is 0 Å². The number of nitrogens with two attached hydrogens (primary N) is 1. The molecule has 3 nitrogen and oxygen atoms in total. The molecule has 0 bridgehead atoms. The molecule has 2 N–H and O–H groups in total. The Hall–Kier alpha value is -1.59. The summed E-state index contributed by atoms with van der Waals surface area (Å²) in [5.74, 6) is -0.0830. The van der Waals surface area contributed by atoms with E-state index in [0.717, 1.165) is 4.47 Å². The summed E-state index contributed by atoms with van der Waals surface area (Å²) in [5, 5.41) is 0.512. The zero-order chi connectivity index (χ0) is 13.6. The molecule has 0 fully saturated rings. The molecule has 0 radical (unpaired) electrons. The monoisotopic (exact) mass is 339 g/mol. The van der Waals surface area contributed by atoms with Crippen molar-refractivity contribution in [3.63, 3.8) is 0 Å². The smallest absolute Gasteiger partial charge is 0.205 e. The first-order valence-corrected chi connectivity index (χ1v) is 6.62. The number of anilines is 1. The van der Waals surface area contributed by atoms with E-state index in [1.807, 2.05) is 12.1 Å². The van der Waals surface area contributed by atoms with Gasteiger partial charge in [0.1, 0.15) is 5.82 Å². The summed E-state index contributed by atoms with van der Waals surface area (Å²) in [7, 11) is 0. The zero-order valence-corrected chi connectivity index (χ0v) is 11.9. The van der Waals surface area contributed by atoms with Crippen molar-refractivity contribution in [2.24, 2.45) is 0 Å². The molecule has 0 aliphatic heterocycles. The van der Waals surface area contributed by atoms with Crippen molar-refractivity contribution in [2.75, 3.05) is 5.73 Å². The fraction of sp³-hybridized carbons (Fsp3) is 0. The lowest BCUT2D eigenvalue weighted by Gasteiger charge is -2.09. The van der Waals surface area contributed by atoms with Crippen molar-refractivity contribution in [3.05, 3.63) is 51.7 Å². The third kappa shape index (κ3) is 2.09. The molecule has 19 heavy (non-hydrogen) atoms. The Morgan fingerprint density at radius 3 is 2.79 bits per heavy atom. The van der Waals surface area contributed by atoms with Gasteiger partial charge in [0.2, 0.25) is 5.95 Å². The number of halogens is 3. The summed E-state index contributed by atoms with van der Waals surface area (Å²) in [6.45, 7) is 0. The fourth-order valence-corrected chi connectivity index (χ4v) is 2.53. The van der Waals surface area contributed by atoms with Crippen LogP contribution in [0.2, 0.25) is 5.02 Å². The standard InChI is InChI=1S/C13H8BrClFN3/c14-7-1-3-9(15)11(5-7)19-12-6-8(16)2-4-10(12)18-13(19)17/h1-6H,(H2,17,18). The van der Waals surface area contributed by atoms with Crippen molar-refractivity contribution in [3.8, 4) is 5.69 Å². The van der Waals surface area contributed by atoms with E-state index < -0.39 is 0 Å². The van der Waals surface area contributed by atoms with Crippen LogP contribution in [-0.2, 0) is 0 Å². The number of fused-ring (bicyclic) bond motifs is 1. The maximum absolute atomic E-state index is 13.4. The first-order chi connectivity index (χ1) is 9.06. The van der Waals surface area contributed by atoms with Crippen molar-refractivity contribution in [2.45, 2.75) is 0 Å². The average Bonchev–Trinajstić information content (AvgIpc) is 2.68. The molecular weight excluding hydrogens is 333 g/mol. The molecule has 6 heteroatoms. The predicted octanol–water partition coefficient (Wildman–Crippen LogP) is 4.16. The number of imidazole rings is 1. The van der Waals surface area contributed by atoms with E-state index in [1.165, 1.54) is 12.1 Å². The third-order valence-corrected chi connectivity index (χ3v) is 3.60. The second-order valence-corrected chi connectivity index (χ2v) is 5.36. The molecule has 3 rings (SSSR count). The lowest BCUT2D eigenvalue weighted by atomic mass is 10.2. The highest BCUT2D eigenvalue weighted by molar-refractivity contribution is 9.10. The number of nitrogen functional groups attached to an aromatic ring is 1. The molecule has 0 saturated heterocycles. The van der Waals surface area contributed by atoms with Gasteiger partial charge in [0.15, 0.2) is 0 Å². The van der Waals surface area contributed by atoms with E-state index in [4.69, 9.17) is 17.3 Å². The third-order valence-electron chi connectivity index (χ3n) is 2.79. The molecule has 1 aromatic heterocycles. The highest BCUT2D eigenvalue weighted by Crippen LogP contribution is 2.30. The van der Waals surface area contributed by atoms with E-state index >= 15 is 0 Å². The lowest BCUT2D eigenvalue weighted by Crippen LogP contribution is -2.01. The van der Waals surface area contributed by atoms with Crippen LogP contribution in [0.4, 0.5) is 10.3 Å². The van der Waals surface area contributed by atoms with Crippen molar-refractivity contribution < 1.29 is 4.39 Å². The van der Waals surface area contributed by atoms with Gasteiger partial charge in [-0.15, -0.1) is 0 Å². The van der Waals surface area contributed by atoms with Gasteiger partial charge in [-0.05, 0) is 30.3 Å². The topological polar surface area (TPSA) is 43.8 Å². The van der Waals surface area contributed by atoms with E-state index in [0.29, 0.717) is 21.7 Å². The van der Waals surface area contributed by atoms with Crippen LogP contribution in [0.25, 0.3) is 16.7 Å². The molecule has 3 aromatic rings. The number of aromatic nitrogens is 2. The van der Waals surface area contributed by atoms with Crippen LogP contribution in [-0.4, -0.2) is 9.55 Å². The minimum Gasteiger partial charge on any atom is -0.369 e. The Bertz CT molecular complexity index is 785. The first kappa shape index (κ1) is 12.4. The maximum Gasteiger partial charge on any atom is 0.205 e. The molecule has 0 saturated carbocycles. The van der Waals surface area contributed by atoms with Gasteiger partial charge in [0.25, 0.3) is 0 Å². The van der Waals surface area contributed by atoms with Gasteiger partial charge in [0.05, 0.1) is 21.7 Å². The van der Waals surface area contributed by atoms with Crippen molar-refractivity contribution >= 4 is 44.5 Å². The molecular formula is C13H8BrClFN3. The minimum atomic E-state index is -0.347. The summed E-state index contributed by atoms with van der Waals surface area (Å²) in [4.78, 5) is 4.20. The van der Waals surface area contributed by atoms with Crippen LogP contribution in [0.15, 0.2) is 40.9 Å². The van der Waals surface area contributed by atoms with Gasteiger partial charge in [-0.2, -0.15) is 0 Å². The molecule has 2 aromatic carbocycles. The van der Waals surface area contributed by atoms with E-state index in [9.17, 15) is 4.39 Å². The Morgan fingerprint density at radius 2 is 2.00 bits per heavy atom. The minimum absolute atomic E-state index is 0.264. The van der Waals surface area contributed by atoms with E-state index in [1.54, 1.807) is 16.7 Å². The van der Waals surface area contributed by atoms with Gasteiger partial charge in [-0.1, -0.05) is 27.5 Å². The Labute approximate surface area is 121 Å². The predicted molar refractivity (Wildman–Crippen MR) is 78.2 cm³/mol. The normalized spacial score (nSPS) is 11.1. The van der Waals surface area contributed by atoms with Gasteiger partial charge in [-0.3, -0.25) is 4.57 Å². The van der Waals surface area contributed by atoms with Gasteiger partial charge in [0, 0.05) is 10.5 Å². The summed E-state index contributed by atoms with van der Waals surface area (Å²) in [5.41, 5.74) is 7.77. The SMILES string of the molecule is Nc1nc2ccc(F)cc2n1-c1cc(Br)ccc1Cl. The second-order valence-electron chi connectivity index (χ2n) is 4.03. The van der Waals surface area contributed by atoms with Crippen LogP contribution >= 0.6 is 27.5 Å². The van der Waals surface area contributed by atoms with Crippen LogP contribution in [0, 0.1) is 5.82 Å². The summed E-state index contributed by atoms with van der Waals surface area (Å²) in [6, 6.07) is 9.69. The van der Waals surface area contributed by atoms with Crippen molar-refractivity contribution in [1.82, 2.24) is 9.55 Å². The summed E-state index contributed by atoms with van der Waals surface area (Å²) in [6.07, 6.45) is 0. The molecule has 0 spiro atoms. The van der Waals surface area contributed by atoms with Crippen molar-refractivity contribution in [1.29, 1.82) is 0 Å². The number of hydrogen-bond acceptors (Lipinski definition) is 2. The molecule has 0 aliphatic rings. The van der Waals surface area contributed by atoms with E-state index in [2.05, 4.69) is 20.9 Å². The Balaban J connectivity index is 2.38. The maximum atomic E-state index is 13.4. The molecule has 0 aliphatic carbocycles. The quantitative estimate of drug-likeness (QED) is 0.723. The Kier molecular flexibility index (Phi) is 2.95. The number of rotatable bonds is 1. The molecule has 0 atom stereocenters. The second kappa shape index (κ2) is 4.51. The van der Waals surface area contributed by atoms with E-state index in [-0.39, 0.29) is 11.8 Å². The summed E-state index contributed by atoms with van der Waals surface area (Å²) >= 11 is 9.56. The molecule has 1 heterocycles. The highest BCUT2D eigenvalue weighted by atomic mass is 79.9. The zero-order valence-electron chi connectivity index (χ0n) is 9.57. The lowest BCUT2D eigenvalue weighted by molar-refractivity contribution is 0.629. The largest absolute Gasteiger partial charge is 0.369 e. The molecule has 0 unspecified atom stereocenters. The molecule has 96 valence electrons.